The van der Waals surface area contributed by atoms with Crippen molar-refractivity contribution in [1.29, 1.82) is 0 Å². The third kappa shape index (κ3) is 10.0. The van der Waals surface area contributed by atoms with E-state index in [4.69, 9.17) is 23.2 Å². The van der Waals surface area contributed by atoms with Crippen LogP contribution in [-0.2, 0) is 4.79 Å². The zero-order valence-electron chi connectivity index (χ0n) is 11.6. The first-order chi connectivity index (χ1) is 8.76. The van der Waals surface area contributed by atoms with Crippen LogP contribution in [-0.4, -0.2) is 35.7 Å². The molecule has 1 amide bonds. The number of halogens is 2. The fourth-order valence-electron chi connectivity index (χ4n) is 1.96. The van der Waals surface area contributed by atoms with Gasteiger partial charge < -0.3 is 4.90 Å². The van der Waals surface area contributed by atoms with Crippen molar-refractivity contribution < 1.29 is 4.79 Å². The summed E-state index contributed by atoms with van der Waals surface area (Å²) in [6.07, 6.45) is 9.28. The zero-order chi connectivity index (χ0) is 13.6. The Bertz CT molecular complexity index is 194. The van der Waals surface area contributed by atoms with Gasteiger partial charge in [-0.05, 0) is 6.42 Å². The SMILES string of the molecule is CCCCCCCCCC(=O)N(CCCl)CCCl. The predicted octanol–water partition coefficient (Wildman–Crippen LogP) is 4.43. The van der Waals surface area contributed by atoms with Gasteiger partial charge in [0.15, 0.2) is 0 Å². The Morgan fingerprint density at radius 1 is 0.889 bits per heavy atom. The molecule has 0 saturated heterocycles. The Labute approximate surface area is 122 Å². The quantitative estimate of drug-likeness (QED) is 0.385. The number of nitrogens with zero attached hydrogens (tertiary/aromatic N) is 1. The van der Waals surface area contributed by atoms with Crippen molar-refractivity contribution in [3.05, 3.63) is 0 Å². The molecule has 0 fully saturated rings. The second-order valence-corrected chi connectivity index (χ2v) is 5.39. The first kappa shape index (κ1) is 18.0. The van der Waals surface area contributed by atoms with E-state index >= 15 is 0 Å². The van der Waals surface area contributed by atoms with E-state index in [1.165, 1.54) is 32.1 Å². The van der Waals surface area contributed by atoms with Gasteiger partial charge in [-0.25, -0.2) is 0 Å². The van der Waals surface area contributed by atoms with Crippen LogP contribution in [0.25, 0.3) is 0 Å². The van der Waals surface area contributed by atoms with Gasteiger partial charge in [0, 0.05) is 31.3 Å². The highest BCUT2D eigenvalue weighted by Crippen LogP contribution is 2.09. The van der Waals surface area contributed by atoms with Crippen LogP contribution in [0.1, 0.15) is 58.3 Å². The van der Waals surface area contributed by atoms with Crippen LogP contribution in [0.4, 0.5) is 0 Å². The van der Waals surface area contributed by atoms with Crippen molar-refractivity contribution in [2.75, 3.05) is 24.8 Å². The number of rotatable bonds is 12. The van der Waals surface area contributed by atoms with E-state index in [0.717, 1.165) is 12.8 Å². The van der Waals surface area contributed by atoms with Crippen molar-refractivity contribution in [3.63, 3.8) is 0 Å². The molecule has 4 heteroatoms. The van der Waals surface area contributed by atoms with Gasteiger partial charge in [0.2, 0.25) is 5.91 Å². The van der Waals surface area contributed by atoms with Gasteiger partial charge in [-0.2, -0.15) is 0 Å². The average Bonchev–Trinajstić information content (AvgIpc) is 2.37. The van der Waals surface area contributed by atoms with Crippen LogP contribution in [0, 0.1) is 0 Å². The van der Waals surface area contributed by atoms with Crippen molar-refractivity contribution >= 4 is 29.1 Å². The van der Waals surface area contributed by atoms with Gasteiger partial charge in [-0.1, -0.05) is 45.4 Å². The van der Waals surface area contributed by atoms with Crippen LogP contribution < -0.4 is 0 Å². The third-order valence-electron chi connectivity index (χ3n) is 3.06. The first-order valence-corrected chi connectivity index (χ1v) is 8.22. The lowest BCUT2D eigenvalue weighted by Crippen LogP contribution is -2.34. The number of carbonyl (C=O) groups is 1. The van der Waals surface area contributed by atoms with Gasteiger partial charge in [0.25, 0.3) is 0 Å². The maximum absolute atomic E-state index is 11.9. The second-order valence-electron chi connectivity index (χ2n) is 4.63. The molecule has 0 aromatic rings. The topological polar surface area (TPSA) is 20.3 Å². The molecule has 0 aromatic heterocycles. The number of amides is 1. The van der Waals surface area contributed by atoms with Crippen molar-refractivity contribution in [1.82, 2.24) is 4.90 Å². The molecule has 0 rings (SSSR count). The molecule has 0 aliphatic heterocycles. The molecule has 0 saturated carbocycles. The molecule has 0 unspecified atom stereocenters. The monoisotopic (exact) mass is 295 g/mol. The Morgan fingerprint density at radius 3 is 1.89 bits per heavy atom. The van der Waals surface area contributed by atoms with Gasteiger partial charge >= 0.3 is 0 Å². The smallest absolute Gasteiger partial charge is 0.222 e. The van der Waals surface area contributed by atoms with Crippen LogP contribution in [0.15, 0.2) is 0 Å². The number of alkyl halides is 2. The minimum Gasteiger partial charge on any atom is -0.340 e. The van der Waals surface area contributed by atoms with E-state index in [2.05, 4.69) is 6.92 Å². The lowest BCUT2D eigenvalue weighted by atomic mass is 10.1. The zero-order valence-corrected chi connectivity index (χ0v) is 13.1. The molecule has 18 heavy (non-hydrogen) atoms. The summed E-state index contributed by atoms with van der Waals surface area (Å²) in [4.78, 5) is 13.6. The van der Waals surface area contributed by atoms with Crippen LogP contribution in [0.2, 0.25) is 0 Å². The largest absolute Gasteiger partial charge is 0.340 e. The molecule has 0 radical (unpaired) electrons. The second kappa shape index (κ2) is 13.5. The summed E-state index contributed by atoms with van der Waals surface area (Å²) in [7, 11) is 0. The van der Waals surface area contributed by atoms with Crippen LogP contribution >= 0.6 is 23.2 Å². The predicted molar refractivity (Wildman–Crippen MR) is 80.6 cm³/mol. The Kier molecular flexibility index (Phi) is 13.5. The summed E-state index contributed by atoms with van der Waals surface area (Å²) in [6.45, 7) is 3.45. The van der Waals surface area contributed by atoms with Gasteiger partial charge in [-0.15, -0.1) is 23.2 Å². The summed E-state index contributed by atoms with van der Waals surface area (Å²) >= 11 is 11.3. The Hall–Kier alpha value is 0.0500. The number of unbranched alkanes of at least 4 members (excludes halogenated alkanes) is 6. The minimum absolute atomic E-state index is 0.199. The lowest BCUT2D eigenvalue weighted by molar-refractivity contribution is -0.130. The van der Waals surface area contributed by atoms with E-state index in [-0.39, 0.29) is 5.91 Å². The van der Waals surface area contributed by atoms with Crippen molar-refractivity contribution in [2.24, 2.45) is 0 Å². The normalized spacial score (nSPS) is 10.6. The minimum atomic E-state index is 0.199. The maximum atomic E-state index is 11.9. The standard InChI is InChI=1S/C14H27Cl2NO/c1-2-3-4-5-6-7-8-9-14(18)17(12-10-15)13-11-16/h2-13H2,1H3. The highest BCUT2D eigenvalue weighted by molar-refractivity contribution is 6.18. The Balaban J connectivity index is 3.54. The molecule has 108 valence electrons. The highest BCUT2D eigenvalue weighted by atomic mass is 35.5. The number of carbonyl (C=O) groups excluding carboxylic acids is 1. The van der Waals surface area contributed by atoms with E-state index in [0.29, 0.717) is 31.3 Å². The molecule has 2 nitrogen and oxygen atoms in total. The third-order valence-corrected chi connectivity index (χ3v) is 3.39. The summed E-state index contributed by atoms with van der Waals surface area (Å²) in [5.74, 6) is 1.17. The maximum Gasteiger partial charge on any atom is 0.222 e. The average molecular weight is 296 g/mol. The molecule has 0 N–H and O–H groups in total. The van der Waals surface area contributed by atoms with E-state index < -0.39 is 0 Å². The van der Waals surface area contributed by atoms with Crippen molar-refractivity contribution in [2.45, 2.75) is 58.3 Å². The molecule has 0 aliphatic rings. The van der Waals surface area contributed by atoms with Crippen LogP contribution in [0.3, 0.4) is 0 Å². The lowest BCUT2D eigenvalue weighted by Gasteiger charge is -2.20. The van der Waals surface area contributed by atoms with E-state index in [9.17, 15) is 4.79 Å². The Morgan fingerprint density at radius 2 is 1.39 bits per heavy atom. The molecule has 0 atom stereocenters. The van der Waals surface area contributed by atoms with Crippen LogP contribution in [0.5, 0.6) is 0 Å². The van der Waals surface area contributed by atoms with Gasteiger partial charge in [0.1, 0.15) is 0 Å². The molecule has 0 aliphatic carbocycles. The fraction of sp³-hybridized carbons (Fsp3) is 0.929. The summed E-state index contributed by atoms with van der Waals surface area (Å²) in [5.41, 5.74) is 0. The summed E-state index contributed by atoms with van der Waals surface area (Å²) in [5, 5.41) is 0. The van der Waals surface area contributed by atoms with E-state index in [1.807, 2.05) is 0 Å². The molecule has 0 bridgehead atoms. The fourth-order valence-corrected chi connectivity index (χ4v) is 2.36. The van der Waals surface area contributed by atoms with E-state index in [1.54, 1.807) is 4.90 Å². The highest BCUT2D eigenvalue weighted by Gasteiger charge is 2.11. The number of hydrogen-bond donors (Lipinski definition) is 0. The number of hydrogen-bond acceptors (Lipinski definition) is 1. The molecular formula is C14H27Cl2NO. The summed E-state index contributed by atoms with van der Waals surface area (Å²) < 4.78 is 0. The van der Waals surface area contributed by atoms with Crippen molar-refractivity contribution in [3.8, 4) is 0 Å². The van der Waals surface area contributed by atoms with Gasteiger partial charge in [-0.3, -0.25) is 4.79 Å². The molecule has 0 aromatic carbocycles. The molecule has 0 heterocycles. The summed E-state index contributed by atoms with van der Waals surface area (Å²) in [6, 6.07) is 0. The van der Waals surface area contributed by atoms with Gasteiger partial charge in [0.05, 0.1) is 0 Å². The molecule has 0 spiro atoms. The molecular weight excluding hydrogens is 269 g/mol. The first-order valence-electron chi connectivity index (χ1n) is 7.16.